The quantitative estimate of drug-likeness (QED) is 0.269. The molecule has 4 N–H and O–H groups in total. The van der Waals surface area contributed by atoms with Gasteiger partial charge in [-0.3, -0.25) is 4.79 Å². The number of aliphatic hydroxyl groups is 1. The number of nitrogens with zero attached hydrogens (tertiary/aromatic N) is 2. The molecule has 1 saturated carbocycles. The summed E-state index contributed by atoms with van der Waals surface area (Å²) in [5, 5.41) is 26.1. The molecule has 3 rings (SSSR count). The number of carboxylic acids is 1. The number of carbonyl (C=O) groups is 2. The summed E-state index contributed by atoms with van der Waals surface area (Å²) in [5.41, 5.74) is 2.39. The molecule has 1 amide bonds. The number of unbranched alkanes of at least 4 members (excludes halogenated alkanes) is 1. The SMILES string of the molecule is COCCN(CCCCc1ccc2c(n1)NCCC2)CCC(NC(=O)C(O)C1CCCCC1)C(=O)O. The largest absolute Gasteiger partial charge is 0.480 e. The van der Waals surface area contributed by atoms with Gasteiger partial charge in [-0.2, -0.15) is 0 Å². The Balaban J connectivity index is 1.44. The minimum atomic E-state index is -1.14. The molecule has 2 unspecified atom stereocenters. The van der Waals surface area contributed by atoms with Gasteiger partial charge in [0.2, 0.25) is 5.91 Å². The molecular weight excluding hydrogens is 460 g/mol. The van der Waals surface area contributed by atoms with Gasteiger partial charge >= 0.3 is 5.97 Å². The highest BCUT2D eigenvalue weighted by molar-refractivity contribution is 5.86. The van der Waals surface area contributed by atoms with Gasteiger partial charge in [0.1, 0.15) is 18.0 Å². The van der Waals surface area contributed by atoms with E-state index < -0.39 is 24.0 Å². The number of ether oxygens (including phenoxy) is 1. The van der Waals surface area contributed by atoms with Crippen molar-refractivity contribution in [1.82, 2.24) is 15.2 Å². The summed E-state index contributed by atoms with van der Waals surface area (Å²) in [6.45, 7) is 3.58. The molecule has 2 atom stereocenters. The van der Waals surface area contributed by atoms with Crippen LogP contribution in [-0.4, -0.2) is 84.0 Å². The van der Waals surface area contributed by atoms with Gasteiger partial charge in [0, 0.05) is 32.4 Å². The predicted octanol–water partition coefficient (Wildman–Crippen LogP) is 2.61. The lowest BCUT2D eigenvalue weighted by molar-refractivity contribution is -0.144. The van der Waals surface area contributed by atoms with E-state index in [0.717, 1.165) is 88.8 Å². The van der Waals surface area contributed by atoms with Crippen molar-refractivity contribution in [3.8, 4) is 0 Å². The highest BCUT2D eigenvalue weighted by Crippen LogP contribution is 2.26. The molecule has 202 valence electrons. The average Bonchev–Trinajstić information content (AvgIpc) is 2.90. The van der Waals surface area contributed by atoms with Crippen LogP contribution in [0.2, 0.25) is 0 Å². The highest BCUT2D eigenvalue weighted by atomic mass is 16.5. The molecule has 0 aromatic carbocycles. The number of fused-ring (bicyclic) bond motifs is 1. The van der Waals surface area contributed by atoms with Gasteiger partial charge in [-0.1, -0.05) is 25.3 Å². The van der Waals surface area contributed by atoms with Crippen LogP contribution >= 0.6 is 0 Å². The van der Waals surface area contributed by atoms with Crippen molar-refractivity contribution in [3.05, 3.63) is 23.4 Å². The Morgan fingerprint density at radius 1 is 1.17 bits per heavy atom. The Hall–Kier alpha value is -2.23. The van der Waals surface area contributed by atoms with Crippen LogP contribution in [0.15, 0.2) is 12.1 Å². The first kappa shape index (κ1) is 28.3. The zero-order chi connectivity index (χ0) is 25.8. The number of carboxylic acid groups (broad SMARTS) is 1. The van der Waals surface area contributed by atoms with Gasteiger partial charge in [0.15, 0.2) is 0 Å². The third-order valence-electron chi connectivity index (χ3n) is 7.43. The molecule has 1 aliphatic heterocycles. The number of pyridine rings is 1. The molecule has 0 radical (unpaired) electrons. The van der Waals surface area contributed by atoms with Gasteiger partial charge < -0.3 is 30.5 Å². The average molecular weight is 505 g/mol. The number of nitrogens with one attached hydrogen (secondary N) is 2. The molecule has 2 heterocycles. The van der Waals surface area contributed by atoms with E-state index in [9.17, 15) is 19.8 Å². The second kappa shape index (κ2) is 15.1. The Morgan fingerprint density at radius 3 is 2.72 bits per heavy atom. The molecule has 9 nitrogen and oxygen atoms in total. The van der Waals surface area contributed by atoms with Gasteiger partial charge in [-0.05, 0) is 75.5 Å². The van der Waals surface area contributed by atoms with E-state index in [4.69, 9.17) is 9.72 Å². The molecule has 1 aromatic heterocycles. The number of anilines is 1. The van der Waals surface area contributed by atoms with E-state index in [2.05, 4.69) is 27.7 Å². The number of amides is 1. The summed E-state index contributed by atoms with van der Waals surface area (Å²) in [6, 6.07) is 3.28. The summed E-state index contributed by atoms with van der Waals surface area (Å²) in [5.74, 6) is -0.689. The van der Waals surface area contributed by atoms with Crippen LogP contribution in [0.25, 0.3) is 0 Å². The summed E-state index contributed by atoms with van der Waals surface area (Å²) in [4.78, 5) is 31.3. The number of aryl methyl sites for hydroxylation is 2. The summed E-state index contributed by atoms with van der Waals surface area (Å²) in [6.07, 6.45) is 8.99. The van der Waals surface area contributed by atoms with Crippen LogP contribution < -0.4 is 10.6 Å². The van der Waals surface area contributed by atoms with Crippen LogP contribution in [0.1, 0.15) is 69.0 Å². The maximum atomic E-state index is 12.5. The Labute approximate surface area is 215 Å². The maximum Gasteiger partial charge on any atom is 0.326 e. The maximum absolute atomic E-state index is 12.5. The Morgan fingerprint density at radius 2 is 1.97 bits per heavy atom. The fourth-order valence-corrected chi connectivity index (χ4v) is 5.20. The predicted molar refractivity (Wildman–Crippen MR) is 139 cm³/mol. The van der Waals surface area contributed by atoms with Crippen LogP contribution in [0.4, 0.5) is 5.82 Å². The first-order valence-corrected chi connectivity index (χ1v) is 13.6. The molecule has 2 aliphatic rings. The number of aliphatic carboxylic acids is 1. The van der Waals surface area contributed by atoms with Crippen LogP contribution in [-0.2, 0) is 27.2 Å². The second-order valence-electron chi connectivity index (χ2n) is 10.2. The van der Waals surface area contributed by atoms with Crippen molar-refractivity contribution in [2.45, 2.75) is 82.8 Å². The zero-order valence-electron chi connectivity index (χ0n) is 21.7. The number of hydrogen-bond acceptors (Lipinski definition) is 7. The number of aliphatic hydroxyl groups excluding tert-OH is 1. The van der Waals surface area contributed by atoms with Crippen molar-refractivity contribution in [2.75, 3.05) is 45.2 Å². The van der Waals surface area contributed by atoms with Crippen molar-refractivity contribution in [1.29, 1.82) is 0 Å². The van der Waals surface area contributed by atoms with E-state index in [0.29, 0.717) is 19.7 Å². The van der Waals surface area contributed by atoms with Gasteiger partial charge in [0.05, 0.1) is 6.61 Å². The molecule has 1 aromatic rings. The fourth-order valence-electron chi connectivity index (χ4n) is 5.20. The smallest absolute Gasteiger partial charge is 0.326 e. The number of carbonyl (C=O) groups excluding carboxylic acids is 1. The van der Waals surface area contributed by atoms with Crippen LogP contribution in [0.3, 0.4) is 0 Å². The molecule has 0 bridgehead atoms. The third-order valence-corrected chi connectivity index (χ3v) is 7.43. The summed E-state index contributed by atoms with van der Waals surface area (Å²) < 4.78 is 5.24. The third kappa shape index (κ3) is 9.01. The van der Waals surface area contributed by atoms with Crippen LogP contribution in [0, 0.1) is 5.92 Å². The van der Waals surface area contributed by atoms with Gasteiger partial charge in [0.25, 0.3) is 0 Å². The molecule has 1 fully saturated rings. The second-order valence-corrected chi connectivity index (χ2v) is 10.2. The van der Waals surface area contributed by atoms with E-state index in [1.165, 1.54) is 5.56 Å². The van der Waals surface area contributed by atoms with Crippen LogP contribution in [0.5, 0.6) is 0 Å². The van der Waals surface area contributed by atoms with E-state index in [-0.39, 0.29) is 12.3 Å². The molecule has 0 spiro atoms. The highest BCUT2D eigenvalue weighted by Gasteiger charge is 2.30. The number of methoxy groups -OCH3 is 1. The first-order chi connectivity index (χ1) is 17.5. The zero-order valence-corrected chi connectivity index (χ0v) is 21.7. The number of rotatable bonds is 15. The monoisotopic (exact) mass is 504 g/mol. The number of hydrogen-bond donors (Lipinski definition) is 4. The topological polar surface area (TPSA) is 124 Å². The first-order valence-electron chi connectivity index (χ1n) is 13.6. The van der Waals surface area contributed by atoms with Crippen molar-refractivity contribution < 1.29 is 24.5 Å². The van der Waals surface area contributed by atoms with Crippen molar-refractivity contribution >= 4 is 17.7 Å². The molecule has 9 heteroatoms. The minimum Gasteiger partial charge on any atom is -0.480 e. The van der Waals surface area contributed by atoms with Crippen molar-refractivity contribution in [3.63, 3.8) is 0 Å². The molecule has 1 aliphatic carbocycles. The molecular formula is C27H44N4O5. The minimum absolute atomic E-state index is 0.0771. The Bertz CT molecular complexity index is 830. The van der Waals surface area contributed by atoms with E-state index >= 15 is 0 Å². The van der Waals surface area contributed by atoms with Crippen molar-refractivity contribution in [2.24, 2.45) is 5.92 Å². The number of aromatic nitrogens is 1. The lowest BCUT2D eigenvalue weighted by Crippen LogP contribution is -2.49. The lowest BCUT2D eigenvalue weighted by atomic mass is 9.85. The van der Waals surface area contributed by atoms with Gasteiger partial charge in [-0.25, -0.2) is 9.78 Å². The normalized spacial score (nSPS) is 17.8. The van der Waals surface area contributed by atoms with E-state index in [1.54, 1.807) is 7.11 Å². The standard InChI is InChI=1S/C27H44N4O5/c1-36-19-18-31(16-6-5-11-22-13-12-21-10-7-15-28-25(21)29-22)17-14-23(27(34)35)30-26(33)24(32)20-8-3-2-4-9-20/h12-13,20,23-24,32H,2-11,14-19H2,1H3,(H,28,29)(H,30,33)(H,34,35). The summed E-state index contributed by atoms with van der Waals surface area (Å²) >= 11 is 0. The molecule has 0 saturated heterocycles. The van der Waals surface area contributed by atoms with E-state index in [1.807, 2.05) is 0 Å². The summed E-state index contributed by atoms with van der Waals surface area (Å²) in [7, 11) is 1.65. The lowest BCUT2D eigenvalue weighted by Gasteiger charge is -2.28. The molecule has 36 heavy (non-hydrogen) atoms. The van der Waals surface area contributed by atoms with Gasteiger partial charge in [-0.15, -0.1) is 0 Å². The Kier molecular flexibility index (Phi) is 11.9. The fraction of sp³-hybridized carbons (Fsp3) is 0.741.